The lowest BCUT2D eigenvalue weighted by molar-refractivity contribution is -0.148. The molecule has 0 bridgehead atoms. The van der Waals surface area contributed by atoms with Gasteiger partial charge < -0.3 is 20.5 Å². The van der Waals surface area contributed by atoms with E-state index in [1.165, 1.54) is 0 Å². The fraction of sp³-hybridized carbons (Fsp3) is 0.367. The Labute approximate surface area is 219 Å². The van der Waals surface area contributed by atoms with Gasteiger partial charge in [-0.25, -0.2) is 0 Å². The van der Waals surface area contributed by atoms with Crippen molar-refractivity contribution in [3.63, 3.8) is 0 Å². The minimum Gasteiger partial charge on any atom is -0.464 e. The van der Waals surface area contributed by atoms with Crippen LogP contribution in [0.4, 0.5) is 0 Å². The molecule has 3 atom stereocenters. The summed E-state index contributed by atoms with van der Waals surface area (Å²) < 4.78 is 5.40. The molecule has 0 radical (unpaired) electrons. The third-order valence-corrected chi connectivity index (χ3v) is 5.92. The number of esters is 1. The molecule has 2 amide bonds. The van der Waals surface area contributed by atoms with Crippen LogP contribution in [0.5, 0.6) is 0 Å². The van der Waals surface area contributed by atoms with Crippen LogP contribution in [-0.4, -0.2) is 48.7 Å². The summed E-state index contributed by atoms with van der Waals surface area (Å²) >= 11 is 0. The van der Waals surface area contributed by atoms with Gasteiger partial charge >= 0.3 is 5.97 Å². The van der Waals surface area contributed by atoms with Crippen molar-refractivity contribution in [2.24, 2.45) is 11.8 Å². The van der Waals surface area contributed by atoms with Crippen LogP contribution < -0.4 is 10.6 Å². The number of hydrogen-bond donors (Lipinski definition) is 3. The highest BCUT2D eigenvalue weighted by Gasteiger charge is 2.23. The third-order valence-electron chi connectivity index (χ3n) is 5.92. The molecule has 7 heteroatoms. The molecule has 7 nitrogen and oxygen atoms in total. The Bertz CT molecular complexity index is 994. The minimum atomic E-state index is -0.615. The van der Waals surface area contributed by atoms with E-state index in [4.69, 9.17) is 4.74 Å². The van der Waals surface area contributed by atoms with Crippen LogP contribution in [-0.2, 0) is 32.0 Å². The molecular weight excluding hydrogens is 468 g/mol. The van der Waals surface area contributed by atoms with E-state index in [0.717, 1.165) is 11.1 Å². The summed E-state index contributed by atoms with van der Waals surface area (Å²) in [5.74, 6) is -1.94. The predicted molar refractivity (Wildman–Crippen MR) is 145 cm³/mol. The van der Waals surface area contributed by atoms with Crippen molar-refractivity contribution in [1.29, 1.82) is 0 Å². The molecule has 2 aromatic rings. The van der Waals surface area contributed by atoms with Crippen LogP contribution >= 0.6 is 0 Å². The summed E-state index contributed by atoms with van der Waals surface area (Å²) in [6, 6.07) is 18.8. The van der Waals surface area contributed by atoms with Crippen molar-refractivity contribution in [3.8, 4) is 0 Å². The monoisotopic (exact) mass is 506 g/mol. The Morgan fingerprint density at radius 2 is 1.43 bits per heavy atom. The zero-order chi connectivity index (χ0) is 26.9. The molecule has 0 fully saturated rings. The molecule has 3 N–H and O–H groups in total. The summed E-state index contributed by atoms with van der Waals surface area (Å²) in [6.45, 7) is 7.38. The SMILES string of the molecule is C=CC[C@H](CC(=O)N[C@@H](CO)Cc1ccccc1)C(=O)NCCOC(=O)[C@@H](CC=C)Cc1ccccc1. The maximum atomic E-state index is 12.7. The van der Waals surface area contributed by atoms with Crippen molar-refractivity contribution in [2.45, 2.75) is 38.1 Å². The Kier molecular flexibility index (Phi) is 13.5. The fourth-order valence-corrected chi connectivity index (χ4v) is 4.01. The lowest BCUT2D eigenvalue weighted by Gasteiger charge is -2.19. The van der Waals surface area contributed by atoms with Gasteiger partial charge in [0.1, 0.15) is 6.61 Å². The average molecular weight is 507 g/mol. The molecule has 0 spiro atoms. The summed E-state index contributed by atoms with van der Waals surface area (Å²) in [4.78, 5) is 37.8. The van der Waals surface area contributed by atoms with Gasteiger partial charge in [-0.1, -0.05) is 72.8 Å². The van der Waals surface area contributed by atoms with E-state index in [1.54, 1.807) is 12.2 Å². The molecule has 0 aliphatic rings. The fourth-order valence-electron chi connectivity index (χ4n) is 4.01. The zero-order valence-electron chi connectivity index (χ0n) is 21.3. The second kappa shape index (κ2) is 16.9. The van der Waals surface area contributed by atoms with Gasteiger partial charge in [0, 0.05) is 6.42 Å². The number of carbonyl (C=O) groups is 3. The Hall–Kier alpha value is -3.71. The lowest BCUT2D eigenvalue weighted by atomic mass is 9.96. The number of rotatable bonds is 17. The molecule has 2 aromatic carbocycles. The Balaban J connectivity index is 1.79. The molecule has 0 aliphatic carbocycles. The van der Waals surface area contributed by atoms with Gasteiger partial charge in [-0.2, -0.15) is 0 Å². The molecule has 0 aliphatic heterocycles. The highest BCUT2D eigenvalue weighted by Crippen LogP contribution is 2.15. The van der Waals surface area contributed by atoms with Gasteiger partial charge in [0.2, 0.25) is 11.8 Å². The van der Waals surface area contributed by atoms with Gasteiger partial charge in [-0.05, 0) is 36.8 Å². The maximum absolute atomic E-state index is 12.7. The quantitative estimate of drug-likeness (QED) is 0.173. The van der Waals surface area contributed by atoms with Crippen molar-refractivity contribution in [1.82, 2.24) is 10.6 Å². The molecule has 2 rings (SSSR count). The number of allylic oxidation sites excluding steroid dienone is 2. The summed E-state index contributed by atoms with van der Waals surface area (Å²) in [6.07, 6.45) is 5.10. The van der Waals surface area contributed by atoms with E-state index in [2.05, 4.69) is 23.8 Å². The predicted octanol–water partition coefficient (Wildman–Crippen LogP) is 3.38. The standard InChI is InChI=1S/C30H38N2O5/c1-3-11-25(21-28(34)32-27(22-33)20-24-15-9-6-10-16-24)29(35)31-17-18-37-30(36)26(12-4-2)19-23-13-7-5-8-14-23/h3-10,13-16,25-27,33H,1-2,11-12,17-22H2,(H,31,35)(H,32,34)/t25-,26+,27-/m1/s1. The number of ether oxygens (including phenoxy) is 1. The first-order valence-electron chi connectivity index (χ1n) is 12.6. The number of nitrogens with one attached hydrogen (secondary N) is 2. The third kappa shape index (κ3) is 11.3. The highest BCUT2D eigenvalue weighted by molar-refractivity contribution is 5.86. The zero-order valence-corrected chi connectivity index (χ0v) is 21.3. The van der Waals surface area contributed by atoms with Crippen molar-refractivity contribution < 1.29 is 24.2 Å². The molecule has 0 aromatic heterocycles. The van der Waals surface area contributed by atoms with Crippen LogP contribution in [0, 0.1) is 11.8 Å². The van der Waals surface area contributed by atoms with E-state index >= 15 is 0 Å². The number of aliphatic hydroxyl groups excluding tert-OH is 1. The Morgan fingerprint density at radius 1 is 0.865 bits per heavy atom. The van der Waals surface area contributed by atoms with Crippen LogP contribution in [0.1, 0.15) is 30.4 Å². The van der Waals surface area contributed by atoms with Crippen LogP contribution in [0.25, 0.3) is 0 Å². The van der Waals surface area contributed by atoms with Crippen LogP contribution in [0.15, 0.2) is 86.0 Å². The maximum Gasteiger partial charge on any atom is 0.309 e. The lowest BCUT2D eigenvalue weighted by Crippen LogP contribution is -2.42. The van der Waals surface area contributed by atoms with Crippen LogP contribution in [0.2, 0.25) is 0 Å². The van der Waals surface area contributed by atoms with Gasteiger partial charge in [0.05, 0.1) is 31.0 Å². The van der Waals surface area contributed by atoms with Crippen molar-refractivity contribution >= 4 is 17.8 Å². The van der Waals surface area contributed by atoms with Crippen LogP contribution in [0.3, 0.4) is 0 Å². The molecular formula is C30H38N2O5. The largest absolute Gasteiger partial charge is 0.464 e. The average Bonchev–Trinajstić information content (AvgIpc) is 2.91. The van der Waals surface area contributed by atoms with E-state index in [9.17, 15) is 19.5 Å². The molecule has 0 heterocycles. The molecule has 0 saturated heterocycles. The second-order valence-corrected chi connectivity index (χ2v) is 8.93. The molecule has 37 heavy (non-hydrogen) atoms. The Morgan fingerprint density at radius 3 is 2.00 bits per heavy atom. The van der Waals surface area contributed by atoms with Gasteiger partial charge in [0.15, 0.2) is 0 Å². The van der Waals surface area contributed by atoms with Crippen molar-refractivity contribution in [3.05, 3.63) is 97.1 Å². The molecule has 0 saturated carbocycles. The van der Waals surface area contributed by atoms with Gasteiger partial charge in [-0.3, -0.25) is 14.4 Å². The van der Waals surface area contributed by atoms with Gasteiger partial charge in [0.25, 0.3) is 0 Å². The number of benzene rings is 2. The number of hydrogen-bond acceptors (Lipinski definition) is 5. The molecule has 198 valence electrons. The van der Waals surface area contributed by atoms with E-state index in [1.807, 2.05) is 60.7 Å². The number of aliphatic hydroxyl groups is 1. The molecule has 0 unspecified atom stereocenters. The summed E-state index contributed by atoms with van der Waals surface area (Å²) in [7, 11) is 0. The van der Waals surface area contributed by atoms with Crippen molar-refractivity contribution in [2.75, 3.05) is 19.8 Å². The normalized spacial score (nSPS) is 13.0. The topological polar surface area (TPSA) is 105 Å². The first-order chi connectivity index (χ1) is 18.0. The van der Waals surface area contributed by atoms with E-state index in [0.29, 0.717) is 25.7 Å². The highest BCUT2D eigenvalue weighted by atomic mass is 16.5. The number of amides is 2. The van der Waals surface area contributed by atoms with Gasteiger partial charge in [-0.15, -0.1) is 13.2 Å². The summed E-state index contributed by atoms with van der Waals surface area (Å²) in [5, 5.41) is 15.2. The first-order valence-corrected chi connectivity index (χ1v) is 12.6. The number of carbonyl (C=O) groups excluding carboxylic acids is 3. The van der Waals surface area contributed by atoms with E-state index < -0.39 is 12.0 Å². The smallest absolute Gasteiger partial charge is 0.309 e. The summed E-state index contributed by atoms with van der Waals surface area (Å²) in [5.41, 5.74) is 2.04. The second-order valence-electron chi connectivity index (χ2n) is 8.93. The minimum absolute atomic E-state index is 0.0314. The van der Waals surface area contributed by atoms with E-state index in [-0.39, 0.29) is 49.9 Å². The first kappa shape index (κ1) is 29.5.